The Morgan fingerprint density at radius 2 is 1.36 bits per heavy atom. The molecule has 2 N–H and O–H groups in total. The van der Waals surface area contributed by atoms with E-state index in [4.69, 9.17) is 4.74 Å². The fraction of sp³-hybridized carbons (Fsp3) is 0.529. The second-order valence-corrected chi connectivity index (χ2v) is 4.95. The summed E-state index contributed by atoms with van der Waals surface area (Å²) in [5.74, 6) is -0.388. The fourth-order valence-electron chi connectivity index (χ4n) is 1.19. The molecule has 0 radical (unpaired) electrons. The lowest BCUT2D eigenvalue weighted by molar-refractivity contribution is 0.0483. The van der Waals surface area contributed by atoms with Crippen molar-refractivity contribution in [2.75, 3.05) is 0 Å². The molecule has 0 fully saturated rings. The Morgan fingerprint density at radius 1 is 0.909 bits per heavy atom. The van der Waals surface area contributed by atoms with Crippen LogP contribution in [-0.2, 0) is 4.74 Å². The minimum Gasteiger partial charge on any atom is -0.443 e. The maximum absolute atomic E-state index is 11.6. The van der Waals surface area contributed by atoms with Crippen LogP contribution < -0.4 is 10.9 Å². The number of nitrogens with one attached hydrogen (secondary N) is 2. The number of aryl methyl sites for hydroxylation is 1. The van der Waals surface area contributed by atoms with E-state index in [1.54, 1.807) is 32.9 Å². The van der Waals surface area contributed by atoms with Gasteiger partial charge in [0.25, 0.3) is 5.91 Å². The molecule has 5 nitrogen and oxygen atoms in total. The van der Waals surface area contributed by atoms with Gasteiger partial charge in [-0.25, -0.2) is 10.2 Å². The second kappa shape index (κ2) is 11.6. The van der Waals surface area contributed by atoms with Crippen LogP contribution in [0.2, 0.25) is 0 Å². The summed E-state index contributed by atoms with van der Waals surface area (Å²) in [6.07, 6.45) is -0.692. The van der Waals surface area contributed by atoms with Crippen molar-refractivity contribution in [3.8, 4) is 0 Å². The van der Waals surface area contributed by atoms with Crippen LogP contribution >= 0.6 is 0 Å². The van der Waals surface area contributed by atoms with E-state index in [0.29, 0.717) is 5.56 Å². The summed E-state index contributed by atoms with van der Waals surface area (Å²) >= 11 is 0. The molecule has 0 bridgehead atoms. The molecule has 0 aliphatic rings. The van der Waals surface area contributed by atoms with Crippen molar-refractivity contribution >= 4 is 12.0 Å². The molecular weight excluding hydrogens is 280 g/mol. The topological polar surface area (TPSA) is 67.4 Å². The first kappa shape index (κ1) is 22.2. The van der Waals surface area contributed by atoms with Crippen LogP contribution in [0.4, 0.5) is 4.79 Å². The van der Waals surface area contributed by atoms with Crippen molar-refractivity contribution in [1.82, 2.24) is 10.9 Å². The zero-order valence-corrected chi connectivity index (χ0v) is 15.0. The molecule has 1 aromatic carbocycles. The Labute approximate surface area is 134 Å². The lowest BCUT2D eigenvalue weighted by atomic mass is 10.1. The Balaban J connectivity index is 0. The van der Waals surface area contributed by atoms with E-state index >= 15 is 0 Å². The van der Waals surface area contributed by atoms with Crippen LogP contribution in [0.3, 0.4) is 0 Å². The summed E-state index contributed by atoms with van der Waals surface area (Å²) in [7, 11) is 0. The normalized spacial score (nSPS) is 9.27. The standard InChI is InChI=1S/C13H18N2O3.2C2H6/c1-9-5-7-10(8-6-9)11(16)14-15-12(17)18-13(2,3)4;2*1-2/h5-8H,1-4H3,(H,14,16)(H,15,17);2*1-2H3. The summed E-state index contributed by atoms with van der Waals surface area (Å²) < 4.78 is 4.98. The molecule has 0 heterocycles. The molecule has 0 saturated carbocycles. The number of benzene rings is 1. The predicted molar refractivity (Wildman–Crippen MR) is 90.7 cm³/mol. The van der Waals surface area contributed by atoms with E-state index in [-0.39, 0.29) is 5.91 Å². The highest BCUT2D eigenvalue weighted by Crippen LogP contribution is 2.06. The van der Waals surface area contributed by atoms with Gasteiger partial charge in [0.1, 0.15) is 5.60 Å². The minimum atomic E-state index is -0.692. The van der Waals surface area contributed by atoms with Crippen LogP contribution in [0.1, 0.15) is 64.4 Å². The Bertz CT molecular complexity index is 434. The van der Waals surface area contributed by atoms with Gasteiger partial charge in [-0.15, -0.1) is 0 Å². The van der Waals surface area contributed by atoms with Crippen LogP contribution in [0.5, 0.6) is 0 Å². The molecule has 5 heteroatoms. The third-order valence-electron chi connectivity index (χ3n) is 1.99. The van der Waals surface area contributed by atoms with Crippen LogP contribution in [0.25, 0.3) is 0 Å². The van der Waals surface area contributed by atoms with Gasteiger partial charge in [0.2, 0.25) is 0 Å². The molecule has 0 aliphatic carbocycles. The van der Waals surface area contributed by atoms with Gasteiger partial charge >= 0.3 is 6.09 Å². The van der Waals surface area contributed by atoms with Crippen molar-refractivity contribution in [2.24, 2.45) is 0 Å². The first-order valence-corrected chi connectivity index (χ1v) is 7.64. The monoisotopic (exact) mass is 310 g/mol. The third-order valence-corrected chi connectivity index (χ3v) is 1.99. The second-order valence-electron chi connectivity index (χ2n) is 4.95. The van der Waals surface area contributed by atoms with Gasteiger partial charge in [-0.3, -0.25) is 10.2 Å². The number of ether oxygens (including phenoxy) is 1. The van der Waals surface area contributed by atoms with Crippen molar-refractivity contribution in [3.05, 3.63) is 35.4 Å². The maximum Gasteiger partial charge on any atom is 0.426 e. The molecule has 1 aromatic rings. The molecule has 22 heavy (non-hydrogen) atoms. The molecule has 0 atom stereocenters. The van der Waals surface area contributed by atoms with Crippen molar-refractivity contribution in [2.45, 2.75) is 61.0 Å². The number of rotatable bonds is 1. The number of hydrazine groups is 1. The molecule has 0 aromatic heterocycles. The highest BCUT2D eigenvalue weighted by atomic mass is 16.6. The van der Waals surface area contributed by atoms with Gasteiger partial charge < -0.3 is 4.74 Å². The van der Waals surface area contributed by atoms with E-state index in [1.165, 1.54) is 0 Å². The van der Waals surface area contributed by atoms with Gasteiger partial charge in [-0.1, -0.05) is 45.4 Å². The predicted octanol–water partition coefficient (Wildman–Crippen LogP) is 4.22. The quantitative estimate of drug-likeness (QED) is 0.763. The first-order chi connectivity index (χ1) is 10.3. The molecule has 0 spiro atoms. The Kier molecular flexibility index (Phi) is 11.7. The minimum absolute atomic E-state index is 0.388. The SMILES string of the molecule is CC.CC.Cc1ccc(C(=O)NNC(=O)OC(C)(C)C)cc1. The van der Waals surface area contributed by atoms with E-state index < -0.39 is 11.7 Å². The lowest BCUT2D eigenvalue weighted by Crippen LogP contribution is -2.44. The molecule has 0 unspecified atom stereocenters. The van der Waals surface area contributed by atoms with Gasteiger partial charge in [0, 0.05) is 5.56 Å². The van der Waals surface area contributed by atoms with Gasteiger partial charge in [0.15, 0.2) is 0 Å². The summed E-state index contributed by atoms with van der Waals surface area (Å²) in [5.41, 5.74) is 5.40. The summed E-state index contributed by atoms with van der Waals surface area (Å²) in [5, 5.41) is 0. The van der Waals surface area contributed by atoms with E-state index in [9.17, 15) is 9.59 Å². The van der Waals surface area contributed by atoms with Gasteiger partial charge in [0.05, 0.1) is 0 Å². The average Bonchev–Trinajstić information content (AvgIpc) is 2.48. The number of amides is 2. The van der Waals surface area contributed by atoms with E-state index in [0.717, 1.165) is 5.56 Å². The molecule has 0 saturated heterocycles. The maximum atomic E-state index is 11.6. The number of hydrogen-bond donors (Lipinski definition) is 2. The first-order valence-electron chi connectivity index (χ1n) is 7.64. The Hall–Kier alpha value is -2.04. The number of hydrogen-bond acceptors (Lipinski definition) is 3. The van der Waals surface area contributed by atoms with Gasteiger partial charge in [-0.2, -0.15) is 0 Å². The number of carbonyl (C=O) groups is 2. The molecule has 0 aliphatic heterocycles. The largest absolute Gasteiger partial charge is 0.443 e. The van der Waals surface area contributed by atoms with Crippen LogP contribution in [0, 0.1) is 6.92 Å². The smallest absolute Gasteiger partial charge is 0.426 e. The van der Waals surface area contributed by atoms with Gasteiger partial charge in [-0.05, 0) is 39.8 Å². The molecule has 126 valence electrons. The van der Waals surface area contributed by atoms with E-state index in [2.05, 4.69) is 10.9 Å². The lowest BCUT2D eigenvalue weighted by Gasteiger charge is -2.19. The molecular formula is C17H30N2O3. The van der Waals surface area contributed by atoms with Crippen LogP contribution in [0.15, 0.2) is 24.3 Å². The highest BCUT2D eigenvalue weighted by Gasteiger charge is 2.16. The molecule has 1 rings (SSSR count). The van der Waals surface area contributed by atoms with Crippen molar-refractivity contribution in [3.63, 3.8) is 0 Å². The van der Waals surface area contributed by atoms with Crippen LogP contribution in [-0.4, -0.2) is 17.6 Å². The summed E-state index contributed by atoms with van der Waals surface area (Å²) in [4.78, 5) is 22.9. The third kappa shape index (κ3) is 10.7. The highest BCUT2D eigenvalue weighted by molar-refractivity contribution is 5.94. The molecule has 2 amide bonds. The summed E-state index contributed by atoms with van der Waals surface area (Å²) in [6, 6.07) is 7.01. The average molecular weight is 310 g/mol. The zero-order chi connectivity index (χ0) is 17.8. The zero-order valence-electron chi connectivity index (χ0n) is 15.0. The number of carbonyl (C=O) groups excluding carboxylic acids is 2. The van der Waals surface area contributed by atoms with E-state index in [1.807, 2.05) is 46.8 Å². The van der Waals surface area contributed by atoms with Crippen molar-refractivity contribution in [1.29, 1.82) is 0 Å². The fourth-order valence-corrected chi connectivity index (χ4v) is 1.19. The Morgan fingerprint density at radius 3 is 1.77 bits per heavy atom. The summed E-state index contributed by atoms with van der Waals surface area (Å²) in [6.45, 7) is 15.2. The van der Waals surface area contributed by atoms with Crippen molar-refractivity contribution < 1.29 is 14.3 Å².